The van der Waals surface area contributed by atoms with Crippen molar-refractivity contribution in [3.8, 4) is 22.8 Å². The molecule has 0 bridgehead atoms. The van der Waals surface area contributed by atoms with Gasteiger partial charge in [-0.3, -0.25) is 4.57 Å². The summed E-state index contributed by atoms with van der Waals surface area (Å²) in [5.74, 6) is 1.89. The first kappa shape index (κ1) is 19.5. The summed E-state index contributed by atoms with van der Waals surface area (Å²) in [5, 5.41) is 3.35. The third-order valence-electron chi connectivity index (χ3n) is 5.24. The van der Waals surface area contributed by atoms with Crippen LogP contribution in [0.4, 0.5) is 5.82 Å². The molecule has 0 aliphatic carbocycles. The van der Waals surface area contributed by atoms with Crippen LogP contribution in [0.2, 0.25) is 0 Å². The second-order valence-electron chi connectivity index (χ2n) is 6.99. The molecular weight excluding hydrogens is 434 g/mol. The van der Waals surface area contributed by atoms with E-state index in [1.807, 2.05) is 49.4 Å². The molecule has 2 heterocycles. The number of anilines is 1. The van der Waals surface area contributed by atoms with Crippen LogP contribution in [0.3, 0.4) is 0 Å². The maximum absolute atomic E-state index is 12.7. The molecule has 2 aromatic carbocycles. The van der Waals surface area contributed by atoms with E-state index in [-0.39, 0.29) is 11.7 Å². The maximum Gasteiger partial charge on any atom is 0.349 e. The van der Waals surface area contributed by atoms with E-state index in [1.165, 1.54) is 0 Å². The van der Waals surface area contributed by atoms with Crippen molar-refractivity contribution in [2.24, 2.45) is 0 Å². The summed E-state index contributed by atoms with van der Waals surface area (Å²) >= 11 is 3.45. The lowest BCUT2D eigenvalue weighted by molar-refractivity contribution is 0.354. The normalized spacial score (nSPS) is 13.2. The van der Waals surface area contributed by atoms with E-state index in [0.717, 1.165) is 33.3 Å². The number of hydrogen-bond acceptors (Lipinski definition) is 5. The molecule has 1 N–H and O–H groups in total. The van der Waals surface area contributed by atoms with Gasteiger partial charge in [-0.05, 0) is 48.7 Å². The molecule has 0 saturated heterocycles. The van der Waals surface area contributed by atoms with Crippen molar-refractivity contribution in [3.63, 3.8) is 0 Å². The summed E-state index contributed by atoms with van der Waals surface area (Å²) in [6.45, 7) is 2.63. The Morgan fingerprint density at radius 2 is 1.79 bits per heavy atom. The van der Waals surface area contributed by atoms with Crippen molar-refractivity contribution in [2.45, 2.75) is 25.9 Å². The fourth-order valence-corrected chi connectivity index (χ4v) is 3.94. The minimum Gasteiger partial charge on any atom is -0.493 e. The summed E-state index contributed by atoms with van der Waals surface area (Å²) in [6, 6.07) is 13.9. The molecule has 150 valence electrons. The first-order chi connectivity index (χ1) is 14.0. The summed E-state index contributed by atoms with van der Waals surface area (Å²) in [4.78, 5) is 16.9. The second-order valence-corrected chi connectivity index (χ2v) is 7.91. The standard InChI is InChI=1S/C22H22BrN3O3/c1-13(14-4-6-16(23)7-5-14)24-21-12-18-17-11-20(29-3)19(28-2)10-15(17)8-9-26(18)22(27)25-21/h4-7,10-13H,8-9H2,1-3H3,(H,24,25,27). The molecule has 1 unspecified atom stereocenters. The first-order valence-corrected chi connectivity index (χ1v) is 10.2. The number of methoxy groups -OCH3 is 2. The van der Waals surface area contributed by atoms with Crippen LogP contribution in [-0.4, -0.2) is 23.8 Å². The van der Waals surface area contributed by atoms with Crippen molar-refractivity contribution in [2.75, 3.05) is 19.5 Å². The quantitative estimate of drug-likeness (QED) is 0.616. The summed E-state index contributed by atoms with van der Waals surface area (Å²) in [7, 11) is 3.24. The molecule has 0 spiro atoms. The molecule has 0 amide bonds. The number of halogens is 1. The second kappa shape index (κ2) is 7.91. The van der Waals surface area contributed by atoms with Crippen LogP contribution in [-0.2, 0) is 13.0 Å². The first-order valence-electron chi connectivity index (χ1n) is 9.39. The summed E-state index contributed by atoms with van der Waals surface area (Å²) in [5.41, 5.74) is 3.78. The van der Waals surface area contributed by atoms with E-state index in [0.29, 0.717) is 23.9 Å². The maximum atomic E-state index is 12.7. The highest BCUT2D eigenvalue weighted by atomic mass is 79.9. The fraction of sp³-hybridized carbons (Fsp3) is 0.273. The molecule has 6 nitrogen and oxygen atoms in total. The largest absolute Gasteiger partial charge is 0.493 e. The average Bonchev–Trinajstić information content (AvgIpc) is 2.73. The Morgan fingerprint density at radius 1 is 1.10 bits per heavy atom. The van der Waals surface area contributed by atoms with E-state index in [2.05, 4.69) is 26.2 Å². The molecule has 0 saturated carbocycles. The van der Waals surface area contributed by atoms with Crippen LogP contribution in [0.15, 0.2) is 51.7 Å². The Labute approximate surface area is 177 Å². The number of nitrogens with zero attached hydrogens (tertiary/aromatic N) is 2. The highest BCUT2D eigenvalue weighted by Crippen LogP contribution is 2.38. The minimum atomic E-state index is -0.256. The van der Waals surface area contributed by atoms with Crippen molar-refractivity contribution in [3.05, 3.63) is 68.5 Å². The van der Waals surface area contributed by atoms with Gasteiger partial charge in [0.25, 0.3) is 0 Å². The van der Waals surface area contributed by atoms with Crippen LogP contribution < -0.4 is 20.5 Å². The number of benzene rings is 2. The molecular formula is C22H22BrN3O3. The lowest BCUT2D eigenvalue weighted by Crippen LogP contribution is -2.29. The van der Waals surface area contributed by atoms with Gasteiger partial charge in [-0.1, -0.05) is 28.1 Å². The SMILES string of the molecule is COc1cc2c(cc1OC)-c1cc(NC(C)c3ccc(Br)cc3)nc(=O)n1CC2. The van der Waals surface area contributed by atoms with E-state index in [9.17, 15) is 4.79 Å². The van der Waals surface area contributed by atoms with Gasteiger partial charge in [0, 0.05) is 28.7 Å². The van der Waals surface area contributed by atoms with Gasteiger partial charge in [0.15, 0.2) is 11.5 Å². The van der Waals surface area contributed by atoms with Gasteiger partial charge < -0.3 is 14.8 Å². The van der Waals surface area contributed by atoms with E-state index in [4.69, 9.17) is 9.47 Å². The van der Waals surface area contributed by atoms with Crippen molar-refractivity contribution in [1.29, 1.82) is 0 Å². The molecule has 0 radical (unpaired) electrons. The Bertz CT molecular complexity index is 1110. The Balaban J connectivity index is 1.73. The van der Waals surface area contributed by atoms with Crippen LogP contribution in [0.25, 0.3) is 11.3 Å². The van der Waals surface area contributed by atoms with E-state index < -0.39 is 0 Å². The molecule has 3 aromatic rings. The van der Waals surface area contributed by atoms with Gasteiger partial charge in [0.05, 0.1) is 19.9 Å². The van der Waals surface area contributed by atoms with Gasteiger partial charge in [-0.2, -0.15) is 4.98 Å². The fourth-order valence-electron chi connectivity index (χ4n) is 3.67. The highest BCUT2D eigenvalue weighted by Gasteiger charge is 2.22. The Kier molecular flexibility index (Phi) is 5.32. The zero-order valence-electron chi connectivity index (χ0n) is 16.5. The molecule has 29 heavy (non-hydrogen) atoms. The molecule has 1 aromatic heterocycles. The monoisotopic (exact) mass is 455 g/mol. The molecule has 1 aliphatic rings. The lowest BCUT2D eigenvalue weighted by Gasteiger charge is -2.24. The lowest BCUT2D eigenvalue weighted by atomic mass is 9.96. The van der Waals surface area contributed by atoms with Crippen molar-refractivity contribution >= 4 is 21.7 Å². The average molecular weight is 456 g/mol. The van der Waals surface area contributed by atoms with Crippen LogP contribution in [0.5, 0.6) is 11.5 Å². The van der Waals surface area contributed by atoms with E-state index >= 15 is 0 Å². The number of rotatable bonds is 5. The van der Waals surface area contributed by atoms with Crippen LogP contribution >= 0.6 is 15.9 Å². The summed E-state index contributed by atoms with van der Waals surface area (Å²) in [6.07, 6.45) is 0.742. The van der Waals surface area contributed by atoms with Gasteiger partial charge in [-0.15, -0.1) is 0 Å². The zero-order valence-corrected chi connectivity index (χ0v) is 18.1. The highest BCUT2D eigenvalue weighted by molar-refractivity contribution is 9.10. The number of aryl methyl sites for hydroxylation is 1. The number of ether oxygens (including phenoxy) is 2. The van der Waals surface area contributed by atoms with E-state index in [1.54, 1.807) is 18.8 Å². The van der Waals surface area contributed by atoms with Gasteiger partial charge in [0.1, 0.15) is 5.82 Å². The molecule has 1 aliphatic heterocycles. The Hall–Kier alpha value is -2.80. The molecule has 4 rings (SSSR count). The zero-order chi connectivity index (χ0) is 20.5. The summed E-state index contributed by atoms with van der Waals surface area (Å²) < 4.78 is 13.6. The van der Waals surface area contributed by atoms with Gasteiger partial charge >= 0.3 is 5.69 Å². The molecule has 0 fully saturated rings. The van der Waals surface area contributed by atoms with Crippen molar-refractivity contribution in [1.82, 2.24) is 9.55 Å². The van der Waals surface area contributed by atoms with Gasteiger partial charge in [0.2, 0.25) is 0 Å². The molecule has 7 heteroatoms. The van der Waals surface area contributed by atoms with Gasteiger partial charge in [-0.25, -0.2) is 4.79 Å². The number of fused-ring (bicyclic) bond motifs is 3. The number of nitrogens with one attached hydrogen (secondary N) is 1. The molecule has 1 atom stereocenters. The van der Waals surface area contributed by atoms with Crippen LogP contribution in [0, 0.1) is 0 Å². The third kappa shape index (κ3) is 3.74. The predicted octanol–water partition coefficient (Wildman–Crippen LogP) is 4.42. The smallest absolute Gasteiger partial charge is 0.349 e. The van der Waals surface area contributed by atoms with Crippen molar-refractivity contribution < 1.29 is 9.47 Å². The predicted molar refractivity (Wildman–Crippen MR) is 117 cm³/mol. The Morgan fingerprint density at radius 3 is 2.48 bits per heavy atom. The number of hydrogen-bond donors (Lipinski definition) is 1. The number of aromatic nitrogens is 2. The minimum absolute atomic E-state index is 0.00603. The third-order valence-corrected chi connectivity index (χ3v) is 5.76. The topological polar surface area (TPSA) is 65.4 Å². The van der Waals surface area contributed by atoms with Crippen LogP contribution in [0.1, 0.15) is 24.1 Å².